The smallest absolute Gasteiger partial charge is 0.318 e. The molecule has 4 aromatic rings. The highest BCUT2D eigenvalue weighted by molar-refractivity contribution is 5.94. The first-order valence-corrected chi connectivity index (χ1v) is 10.1. The summed E-state index contributed by atoms with van der Waals surface area (Å²) >= 11 is 0. The maximum Gasteiger partial charge on any atom is 0.318 e. The van der Waals surface area contributed by atoms with E-state index in [-0.39, 0.29) is 6.10 Å². The summed E-state index contributed by atoms with van der Waals surface area (Å²) in [6.45, 7) is 0. The van der Waals surface area contributed by atoms with Crippen LogP contribution in [0.1, 0.15) is 36.0 Å². The molecule has 1 aliphatic rings. The Bertz CT molecular complexity index is 1230. The molecule has 0 unspecified atom stereocenters. The molecule has 0 aliphatic heterocycles. The zero-order valence-corrected chi connectivity index (χ0v) is 16.4. The van der Waals surface area contributed by atoms with Gasteiger partial charge in [-0.05, 0) is 55.5 Å². The Morgan fingerprint density at radius 2 is 1.90 bits per heavy atom. The first-order chi connectivity index (χ1) is 14.7. The number of fused-ring (bicyclic) bond motifs is 1. The third-order valence-electron chi connectivity index (χ3n) is 5.46. The zero-order chi connectivity index (χ0) is 20.5. The molecule has 1 fully saturated rings. The molecule has 0 spiro atoms. The molecule has 0 atom stereocenters. The van der Waals surface area contributed by atoms with Gasteiger partial charge in [-0.25, -0.2) is 9.97 Å². The van der Waals surface area contributed by atoms with Gasteiger partial charge in [-0.2, -0.15) is 4.98 Å². The third-order valence-corrected chi connectivity index (χ3v) is 5.46. The summed E-state index contributed by atoms with van der Waals surface area (Å²) in [6, 6.07) is 15.4. The van der Waals surface area contributed by atoms with Crippen molar-refractivity contribution in [3.05, 3.63) is 66.6 Å². The SMILES string of the molecule is NC(=O)c1cccc(-c2cnc(OC3CCCC3)nc2-n2cnc3ccccc32)c1. The van der Waals surface area contributed by atoms with Crippen LogP contribution in [-0.2, 0) is 0 Å². The number of primary amides is 1. The number of aromatic nitrogens is 4. The molecule has 7 heteroatoms. The van der Waals surface area contributed by atoms with Crippen LogP contribution in [-0.4, -0.2) is 31.5 Å². The maximum atomic E-state index is 11.7. The van der Waals surface area contributed by atoms with Crippen molar-refractivity contribution in [2.45, 2.75) is 31.8 Å². The van der Waals surface area contributed by atoms with Crippen molar-refractivity contribution in [2.75, 3.05) is 0 Å². The monoisotopic (exact) mass is 399 g/mol. The highest BCUT2D eigenvalue weighted by atomic mass is 16.5. The summed E-state index contributed by atoms with van der Waals surface area (Å²) in [6.07, 6.45) is 8.02. The lowest BCUT2D eigenvalue weighted by atomic mass is 10.0. The van der Waals surface area contributed by atoms with E-state index in [9.17, 15) is 4.79 Å². The lowest BCUT2D eigenvalue weighted by Gasteiger charge is -2.15. The van der Waals surface area contributed by atoms with E-state index in [1.165, 1.54) is 12.8 Å². The quantitative estimate of drug-likeness (QED) is 0.549. The van der Waals surface area contributed by atoms with Crippen molar-refractivity contribution in [2.24, 2.45) is 5.73 Å². The molecule has 30 heavy (non-hydrogen) atoms. The third kappa shape index (κ3) is 3.39. The van der Waals surface area contributed by atoms with Gasteiger partial charge < -0.3 is 10.5 Å². The van der Waals surface area contributed by atoms with E-state index in [1.54, 1.807) is 30.7 Å². The molecular weight excluding hydrogens is 378 g/mol. The molecule has 1 amide bonds. The summed E-state index contributed by atoms with van der Waals surface area (Å²) in [4.78, 5) is 25.4. The highest BCUT2D eigenvalue weighted by Gasteiger charge is 2.20. The first-order valence-electron chi connectivity index (χ1n) is 10.1. The summed E-state index contributed by atoms with van der Waals surface area (Å²) in [7, 11) is 0. The van der Waals surface area contributed by atoms with E-state index in [0.717, 1.165) is 35.0 Å². The van der Waals surface area contributed by atoms with Crippen LogP contribution in [0.3, 0.4) is 0 Å². The molecule has 2 aromatic carbocycles. The van der Waals surface area contributed by atoms with Gasteiger partial charge in [0.2, 0.25) is 5.91 Å². The van der Waals surface area contributed by atoms with Crippen LogP contribution in [0.4, 0.5) is 0 Å². The normalized spacial score (nSPS) is 14.3. The van der Waals surface area contributed by atoms with Crippen molar-refractivity contribution in [3.8, 4) is 23.0 Å². The Kier molecular flexibility index (Phi) is 4.63. The number of hydrogen-bond acceptors (Lipinski definition) is 5. The Labute approximate surface area is 173 Å². The standard InChI is InChI=1S/C23H21N5O2/c24-21(29)16-7-5-6-15(12-16)18-13-25-23(30-17-8-1-2-9-17)27-22(18)28-14-26-19-10-3-4-11-20(19)28/h3-7,10-14,17H,1-2,8-9H2,(H2,24,29). The number of ether oxygens (including phenoxy) is 1. The van der Waals surface area contributed by atoms with E-state index in [2.05, 4.69) is 9.97 Å². The van der Waals surface area contributed by atoms with Gasteiger partial charge in [0, 0.05) is 17.3 Å². The van der Waals surface area contributed by atoms with E-state index in [1.807, 2.05) is 34.9 Å². The van der Waals surface area contributed by atoms with Crippen LogP contribution in [0.25, 0.3) is 28.0 Å². The predicted octanol–water partition coefficient (Wildman–Crippen LogP) is 3.90. The van der Waals surface area contributed by atoms with Crippen molar-refractivity contribution in [1.82, 2.24) is 19.5 Å². The Morgan fingerprint density at radius 3 is 2.73 bits per heavy atom. The minimum atomic E-state index is -0.478. The average Bonchev–Trinajstić information content (AvgIpc) is 3.43. The van der Waals surface area contributed by atoms with Crippen LogP contribution < -0.4 is 10.5 Å². The second-order valence-electron chi connectivity index (χ2n) is 7.46. The number of nitrogens with zero attached hydrogens (tertiary/aromatic N) is 4. The Balaban J connectivity index is 1.66. The number of amides is 1. The van der Waals surface area contributed by atoms with Crippen LogP contribution in [0, 0.1) is 0 Å². The fourth-order valence-electron chi connectivity index (χ4n) is 3.92. The number of imidazole rings is 1. The van der Waals surface area contributed by atoms with Gasteiger partial charge in [-0.15, -0.1) is 0 Å². The van der Waals surface area contributed by atoms with Crippen molar-refractivity contribution in [1.29, 1.82) is 0 Å². The number of benzene rings is 2. The fourth-order valence-corrected chi connectivity index (χ4v) is 3.92. The molecule has 5 rings (SSSR count). The highest BCUT2D eigenvalue weighted by Crippen LogP contribution is 2.30. The number of nitrogens with two attached hydrogens (primary N) is 1. The number of carbonyl (C=O) groups excluding carboxylic acids is 1. The van der Waals surface area contributed by atoms with Gasteiger partial charge in [0.05, 0.1) is 11.0 Å². The minimum Gasteiger partial charge on any atom is -0.460 e. The van der Waals surface area contributed by atoms with Crippen LogP contribution in [0.2, 0.25) is 0 Å². The molecule has 7 nitrogen and oxygen atoms in total. The molecule has 1 saturated carbocycles. The summed E-state index contributed by atoms with van der Waals surface area (Å²) in [5.74, 6) is 0.168. The largest absolute Gasteiger partial charge is 0.460 e. The first kappa shape index (κ1) is 18.3. The molecule has 0 radical (unpaired) electrons. The Hall–Kier alpha value is -3.74. The Morgan fingerprint density at radius 1 is 1.07 bits per heavy atom. The minimum absolute atomic E-state index is 0.154. The summed E-state index contributed by atoms with van der Waals surface area (Å²) in [5, 5.41) is 0. The second kappa shape index (κ2) is 7.59. The number of carbonyl (C=O) groups is 1. The summed E-state index contributed by atoms with van der Waals surface area (Å²) in [5.41, 5.74) is 9.26. The van der Waals surface area contributed by atoms with E-state index < -0.39 is 5.91 Å². The predicted molar refractivity (Wildman–Crippen MR) is 113 cm³/mol. The molecule has 150 valence electrons. The van der Waals surface area contributed by atoms with Crippen LogP contribution in [0.5, 0.6) is 6.01 Å². The average molecular weight is 399 g/mol. The fraction of sp³-hybridized carbons (Fsp3) is 0.217. The zero-order valence-electron chi connectivity index (χ0n) is 16.4. The lowest BCUT2D eigenvalue weighted by molar-refractivity contribution is 0.100. The molecular formula is C23H21N5O2. The van der Waals surface area contributed by atoms with Crippen molar-refractivity contribution in [3.63, 3.8) is 0 Å². The van der Waals surface area contributed by atoms with Crippen LogP contribution >= 0.6 is 0 Å². The van der Waals surface area contributed by atoms with Crippen molar-refractivity contribution >= 4 is 16.9 Å². The van der Waals surface area contributed by atoms with Gasteiger partial charge in [0.25, 0.3) is 0 Å². The number of para-hydroxylation sites is 2. The molecule has 0 saturated heterocycles. The van der Waals surface area contributed by atoms with Gasteiger partial charge >= 0.3 is 6.01 Å². The van der Waals surface area contributed by atoms with Gasteiger partial charge in [0.15, 0.2) is 5.82 Å². The summed E-state index contributed by atoms with van der Waals surface area (Å²) < 4.78 is 7.97. The lowest BCUT2D eigenvalue weighted by Crippen LogP contribution is -2.14. The topological polar surface area (TPSA) is 95.9 Å². The molecule has 2 aromatic heterocycles. The number of rotatable bonds is 5. The second-order valence-corrected chi connectivity index (χ2v) is 7.46. The van der Waals surface area contributed by atoms with E-state index >= 15 is 0 Å². The molecule has 1 aliphatic carbocycles. The van der Waals surface area contributed by atoms with E-state index in [4.69, 9.17) is 15.5 Å². The van der Waals surface area contributed by atoms with Crippen molar-refractivity contribution < 1.29 is 9.53 Å². The molecule has 2 heterocycles. The molecule has 0 bridgehead atoms. The molecule has 2 N–H and O–H groups in total. The van der Waals surface area contributed by atoms with Gasteiger partial charge in [0.1, 0.15) is 12.4 Å². The van der Waals surface area contributed by atoms with E-state index in [0.29, 0.717) is 17.4 Å². The van der Waals surface area contributed by atoms with Crippen LogP contribution in [0.15, 0.2) is 61.1 Å². The van der Waals surface area contributed by atoms with Gasteiger partial charge in [-0.1, -0.05) is 24.3 Å². The number of hydrogen-bond donors (Lipinski definition) is 1. The van der Waals surface area contributed by atoms with Gasteiger partial charge in [-0.3, -0.25) is 9.36 Å². The maximum absolute atomic E-state index is 11.7.